The third kappa shape index (κ3) is 1.48. The molecule has 1 aromatic carbocycles. The van der Waals surface area contributed by atoms with Crippen LogP contribution in [0.15, 0.2) is 18.2 Å². The summed E-state index contributed by atoms with van der Waals surface area (Å²) in [6, 6.07) is 4.23. The Morgan fingerprint density at radius 1 is 1.50 bits per heavy atom. The molecule has 2 rings (SSSR count). The van der Waals surface area contributed by atoms with Gasteiger partial charge < -0.3 is 11.1 Å². The zero-order valence-corrected chi connectivity index (χ0v) is 7.59. The van der Waals surface area contributed by atoms with Gasteiger partial charge in [-0.2, -0.15) is 0 Å². The predicted molar refractivity (Wildman–Crippen MR) is 51.3 cm³/mol. The molecule has 0 radical (unpaired) electrons. The first-order chi connectivity index (χ1) is 6.68. The molecule has 14 heavy (non-hydrogen) atoms. The maximum absolute atomic E-state index is 13.3. The highest BCUT2D eigenvalue weighted by Gasteiger charge is 2.21. The van der Waals surface area contributed by atoms with Crippen molar-refractivity contribution in [2.45, 2.75) is 18.9 Å². The number of carbonyl (C=O) groups excluding carboxylic acids is 1. The lowest BCUT2D eigenvalue weighted by Gasteiger charge is -2.07. The van der Waals surface area contributed by atoms with E-state index >= 15 is 0 Å². The molecule has 4 heteroatoms. The summed E-state index contributed by atoms with van der Waals surface area (Å²) in [5.74, 6) is -0.709. The monoisotopic (exact) mass is 194 g/mol. The second-order valence-electron chi connectivity index (χ2n) is 3.41. The molecule has 0 bridgehead atoms. The number of rotatable bonds is 0. The summed E-state index contributed by atoms with van der Waals surface area (Å²) in [5.41, 5.74) is 6.67. The average Bonchev–Trinajstić information content (AvgIpc) is 2.30. The van der Waals surface area contributed by atoms with Gasteiger partial charge in [0.15, 0.2) is 0 Å². The number of carbonyl (C=O) groups is 1. The van der Waals surface area contributed by atoms with Crippen LogP contribution in [0.25, 0.3) is 0 Å². The summed E-state index contributed by atoms with van der Waals surface area (Å²) in [4.78, 5) is 11.3. The minimum atomic E-state index is -0.540. The Balaban J connectivity index is 2.43. The number of halogens is 1. The van der Waals surface area contributed by atoms with Crippen LogP contribution in [-0.2, 0) is 11.2 Å². The molecule has 1 aliphatic rings. The molecule has 1 aromatic rings. The summed E-state index contributed by atoms with van der Waals surface area (Å²) in [6.45, 7) is 0. The number of anilines is 1. The van der Waals surface area contributed by atoms with Gasteiger partial charge in [-0.1, -0.05) is 12.1 Å². The number of aryl methyl sites for hydroxylation is 1. The van der Waals surface area contributed by atoms with Crippen molar-refractivity contribution in [1.29, 1.82) is 0 Å². The van der Waals surface area contributed by atoms with Gasteiger partial charge in [-0.05, 0) is 24.5 Å². The molecule has 74 valence electrons. The molecule has 0 unspecified atom stereocenters. The highest BCUT2D eigenvalue weighted by atomic mass is 19.1. The molecule has 0 aliphatic carbocycles. The van der Waals surface area contributed by atoms with E-state index in [4.69, 9.17) is 5.73 Å². The van der Waals surface area contributed by atoms with Crippen LogP contribution < -0.4 is 11.1 Å². The molecule has 1 aliphatic heterocycles. The summed E-state index contributed by atoms with van der Waals surface area (Å²) in [7, 11) is 0. The van der Waals surface area contributed by atoms with Gasteiger partial charge in [-0.25, -0.2) is 4.39 Å². The Kier molecular flexibility index (Phi) is 2.21. The zero-order chi connectivity index (χ0) is 10.1. The van der Waals surface area contributed by atoms with E-state index < -0.39 is 11.9 Å². The van der Waals surface area contributed by atoms with Crippen LogP contribution in [0, 0.1) is 5.82 Å². The van der Waals surface area contributed by atoms with Crippen molar-refractivity contribution < 1.29 is 9.18 Å². The summed E-state index contributed by atoms with van der Waals surface area (Å²) in [5, 5.41) is 2.50. The Labute approximate surface area is 81.1 Å². The fourth-order valence-electron chi connectivity index (χ4n) is 1.58. The van der Waals surface area contributed by atoms with E-state index in [0.717, 1.165) is 5.56 Å². The number of para-hydroxylation sites is 1. The van der Waals surface area contributed by atoms with Crippen LogP contribution in [0.5, 0.6) is 0 Å². The minimum absolute atomic E-state index is 0.283. The molecule has 0 saturated carbocycles. The highest BCUT2D eigenvalue weighted by Crippen LogP contribution is 2.24. The van der Waals surface area contributed by atoms with Crippen LogP contribution in [0.1, 0.15) is 12.0 Å². The van der Waals surface area contributed by atoms with Gasteiger partial charge in [-0.15, -0.1) is 0 Å². The first kappa shape index (κ1) is 9.15. The van der Waals surface area contributed by atoms with Gasteiger partial charge in [0.1, 0.15) is 5.82 Å². The molecule has 0 aromatic heterocycles. The normalized spacial score (nSPS) is 21.0. The summed E-state index contributed by atoms with van der Waals surface area (Å²) in [6.07, 6.45) is 1.19. The standard InChI is InChI=1S/C10H11FN2O/c11-7-3-1-2-6-4-5-8(12)10(14)13-9(6)7/h1-3,8H,4-5,12H2,(H,13,14)/t8-/m0/s1. The second kappa shape index (κ2) is 3.38. The van der Waals surface area contributed by atoms with Crippen LogP contribution in [0.2, 0.25) is 0 Å². The molecule has 3 nitrogen and oxygen atoms in total. The van der Waals surface area contributed by atoms with Gasteiger partial charge >= 0.3 is 0 Å². The molecule has 0 saturated heterocycles. The Morgan fingerprint density at radius 2 is 2.29 bits per heavy atom. The van der Waals surface area contributed by atoms with E-state index in [1.54, 1.807) is 12.1 Å². The van der Waals surface area contributed by atoms with Gasteiger partial charge in [0.25, 0.3) is 0 Å². The quantitative estimate of drug-likeness (QED) is 0.648. The minimum Gasteiger partial charge on any atom is -0.322 e. The van der Waals surface area contributed by atoms with Gasteiger partial charge in [0.05, 0.1) is 11.7 Å². The molecule has 1 amide bonds. The predicted octanol–water partition coefficient (Wildman–Crippen LogP) is 1.04. The van der Waals surface area contributed by atoms with Gasteiger partial charge in [0.2, 0.25) is 5.91 Å². The SMILES string of the molecule is N[C@H]1CCc2cccc(F)c2NC1=O. The van der Waals surface area contributed by atoms with Crippen LogP contribution in [0.4, 0.5) is 10.1 Å². The number of benzene rings is 1. The lowest BCUT2D eigenvalue weighted by atomic mass is 10.1. The fraction of sp³-hybridized carbons (Fsp3) is 0.300. The van der Waals surface area contributed by atoms with Gasteiger partial charge in [0, 0.05) is 0 Å². The Bertz CT molecular complexity index is 378. The lowest BCUT2D eigenvalue weighted by Crippen LogP contribution is -2.34. The van der Waals surface area contributed by atoms with Crippen molar-refractivity contribution >= 4 is 11.6 Å². The molecule has 3 N–H and O–H groups in total. The van der Waals surface area contributed by atoms with Gasteiger partial charge in [-0.3, -0.25) is 4.79 Å². The van der Waals surface area contributed by atoms with E-state index in [1.807, 2.05) is 0 Å². The number of nitrogens with two attached hydrogens (primary N) is 1. The van der Waals surface area contributed by atoms with Crippen molar-refractivity contribution in [2.75, 3.05) is 5.32 Å². The molecular weight excluding hydrogens is 183 g/mol. The smallest absolute Gasteiger partial charge is 0.241 e. The van der Waals surface area contributed by atoms with Crippen molar-refractivity contribution in [2.24, 2.45) is 5.73 Å². The van der Waals surface area contributed by atoms with Crippen LogP contribution in [-0.4, -0.2) is 11.9 Å². The Morgan fingerprint density at radius 3 is 3.07 bits per heavy atom. The van der Waals surface area contributed by atoms with E-state index in [-0.39, 0.29) is 11.6 Å². The summed E-state index contributed by atoms with van der Waals surface area (Å²) < 4.78 is 13.3. The van der Waals surface area contributed by atoms with E-state index in [0.29, 0.717) is 12.8 Å². The maximum Gasteiger partial charge on any atom is 0.241 e. The summed E-state index contributed by atoms with van der Waals surface area (Å²) >= 11 is 0. The second-order valence-corrected chi connectivity index (χ2v) is 3.41. The largest absolute Gasteiger partial charge is 0.322 e. The fourth-order valence-corrected chi connectivity index (χ4v) is 1.58. The number of amides is 1. The number of fused-ring (bicyclic) bond motifs is 1. The first-order valence-corrected chi connectivity index (χ1v) is 4.52. The van der Waals surface area contributed by atoms with E-state index in [1.165, 1.54) is 6.07 Å². The number of hydrogen-bond donors (Lipinski definition) is 2. The van der Waals surface area contributed by atoms with E-state index in [2.05, 4.69) is 5.32 Å². The number of nitrogens with one attached hydrogen (secondary N) is 1. The Hall–Kier alpha value is -1.42. The van der Waals surface area contributed by atoms with Crippen molar-refractivity contribution in [3.63, 3.8) is 0 Å². The van der Waals surface area contributed by atoms with Crippen molar-refractivity contribution in [1.82, 2.24) is 0 Å². The van der Waals surface area contributed by atoms with Crippen LogP contribution in [0.3, 0.4) is 0 Å². The highest BCUT2D eigenvalue weighted by molar-refractivity contribution is 5.96. The lowest BCUT2D eigenvalue weighted by molar-refractivity contribution is -0.117. The molecule has 0 spiro atoms. The topological polar surface area (TPSA) is 55.1 Å². The third-order valence-corrected chi connectivity index (χ3v) is 2.41. The zero-order valence-electron chi connectivity index (χ0n) is 7.59. The molecular formula is C10H11FN2O. The average molecular weight is 194 g/mol. The third-order valence-electron chi connectivity index (χ3n) is 2.41. The first-order valence-electron chi connectivity index (χ1n) is 4.52. The van der Waals surface area contributed by atoms with E-state index in [9.17, 15) is 9.18 Å². The molecule has 1 heterocycles. The molecule has 1 atom stereocenters. The van der Waals surface area contributed by atoms with Crippen molar-refractivity contribution in [3.8, 4) is 0 Å². The van der Waals surface area contributed by atoms with Crippen LogP contribution >= 0.6 is 0 Å². The van der Waals surface area contributed by atoms with Crippen molar-refractivity contribution in [3.05, 3.63) is 29.6 Å². The molecule has 0 fully saturated rings. The maximum atomic E-state index is 13.3. The number of hydrogen-bond acceptors (Lipinski definition) is 2.